The molecule has 0 unspecified atom stereocenters. The Morgan fingerprint density at radius 1 is 1.33 bits per heavy atom. The van der Waals surface area contributed by atoms with E-state index in [0.29, 0.717) is 25.6 Å². The number of hydrogen-bond donors (Lipinski definition) is 1. The molecule has 0 spiro atoms. The van der Waals surface area contributed by atoms with Crippen LogP contribution in [-0.4, -0.2) is 37.6 Å². The monoisotopic (exact) mass is 330 g/mol. The largest absolute Gasteiger partial charge is 0.310 e. The second kappa shape index (κ2) is 7.58. The second-order valence-electron chi connectivity index (χ2n) is 5.50. The number of sulfonamides is 1. The Kier molecular flexibility index (Phi) is 6.05. The molecule has 21 heavy (non-hydrogen) atoms. The third-order valence-corrected chi connectivity index (χ3v) is 6.10. The standard InChI is InChI=1S/C15H23ClN2O2S/c1-2-10-21(19,20)18-8-6-15(7-9-18)17-12-13-4-3-5-14(16)11-13/h3-5,11,15,17H,2,6-10,12H2,1H3. The van der Waals surface area contributed by atoms with E-state index in [4.69, 9.17) is 11.6 Å². The smallest absolute Gasteiger partial charge is 0.214 e. The van der Waals surface area contributed by atoms with Gasteiger partial charge in [0.1, 0.15) is 0 Å². The van der Waals surface area contributed by atoms with Gasteiger partial charge in [0.15, 0.2) is 0 Å². The minimum absolute atomic E-state index is 0.258. The van der Waals surface area contributed by atoms with Gasteiger partial charge < -0.3 is 5.32 Å². The van der Waals surface area contributed by atoms with Crippen LogP contribution in [-0.2, 0) is 16.6 Å². The van der Waals surface area contributed by atoms with Crippen molar-refractivity contribution < 1.29 is 8.42 Å². The summed E-state index contributed by atoms with van der Waals surface area (Å²) in [5, 5.41) is 4.23. The van der Waals surface area contributed by atoms with E-state index in [-0.39, 0.29) is 5.75 Å². The van der Waals surface area contributed by atoms with Crippen molar-refractivity contribution in [3.63, 3.8) is 0 Å². The Bertz CT molecular complexity index is 555. The average Bonchev–Trinajstić information content (AvgIpc) is 2.46. The van der Waals surface area contributed by atoms with Crippen LogP contribution in [0.3, 0.4) is 0 Å². The van der Waals surface area contributed by atoms with Crippen LogP contribution in [0.25, 0.3) is 0 Å². The Balaban J connectivity index is 1.79. The molecular weight excluding hydrogens is 308 g/mol. The van der Waals surface area contributed by atoms with E-state index in [2.05, 4.69) is 5.32 Å². The Morgan fingerprint density at radius 2 is 2.05 bits per heavy atom. The van der Waals surface area contributed by atoms with Crippen LogP contribution in [0, 0.1) is 0 Å². The van der Waals surface area contributed by atoms with Crippen molar-refractivity contribution in [2.24, 2.45) is 0 Å². The van der Waals surface area contributed by atoms with E-state index in [1.165, 1.54) is 0 Å². The molecule has 1 aliphatic heterocycles. The molecule has 0 aliphatic carbocycles. The lowest BCUT2D eigenvalue weighted by atomic mass is 10.1. The average molecular weight is 331 g/mol. The zero-order valence-corrected chi connectivity index (χ0v) is 14.0. The molecule has 0 radical (unpaired) electrons. The maximum atomic E-state index is 12.0. The van der Waals surface area contributed by atoms with Crippen LogP contribution in [0.5, 0.6) is 0 Å². The van der Waals surface area contributed by atoms with Gasteiger partial charge in [0, 0.05) is 30.7 Å². The van der Waals surface area contributed by atoms with Crippen molar-refractivity contribution in [3.8, 4) is 0 Å². The van der Waals surface area contributed by atoms with Crippen molar-refractivity contribution >= 4 is 21.6 Å². The molecule has 1 fully saturated rings. The lowest BCUT2D eigenvalue weighted by molar-refractivity contribution is 0.288. The number of nitrogens with zero attached hydrogens (tertiary/aromatic N) is 1. The zero-order chi connectivity index (χ0) is 15.3. The van der Waals surface area contributed by atoms with Crippen LogP contribution >= 0.6 is 11.6 Å². The molecule has 1 saturated heterocycles. The summed E-state index contributed by atoms with van der Waals surface area (Å²) in [6, 6.07) is 8.17. The maximum Gasteiger partial charge on any atom is 0.214 e. The topological polar surface area (TPSA) is 49.4 Å². The Labute approximate surface area is 132 Å². The molecule has 1 N–H and O–H groups in total. The highest BCUT2D eigenvalue weighted by atomic mass is 35.5. The summed E-state index contributed by atoms with van der Waals surface area (Å²) >= 11 is 5.96. The van der Waals surface area contributed by atoms with Gasteiger partial charge in [-0.2, -0.15) is 0 Å². The van der Waals surface area contributed by atoms with Gasteiger partial charge in [0.2, 0.25) is 10.0 Å². The van der Waals surface area contributed by atoms with Crippen LogP contribution in [0.2, 0.25) is 5.02 Å². The number of hydrogen-bond acceptors (Lipinski definition) is 3. The van der Waals surface area contributed by atoms with Crippen molar-refractivity contribution in [1.29, 1.82) is 0 Å². The molecule has 0 bridgehead atoms. The highest BCUT2D eigenvalue weighted by Gasteiger charge is 2.26. The van der Waals surface area contributed by atoms with Gasteiger partial charge in [-0.15, -0.1) is 0 Å². The molecule has 0 amide bonds. The number of rotatable bonds is 6. The predicted octanol–water partition coefficient (Wildman–Crippen LogP) is 2.63. The van der Waals surface area contributed by atoms with E-state index in [1.54, 1.807) is 4.31 Å². The van der Waals surface area contributed by atoms with Gasteiger partial charge in [-0.1, -0.05) is 30.7 Å². The van der Waals surface area contributed by atoms with E-state index in [9.17, 15) is 8.42 Å². The lowest BCUT2D eigenvalue weighted by Crippen LogP contribution is -2.45. The van der Waals surface area contributed by atoms with E-state index in [1.807, 2.05) is 31.2 Å². The van der Waals surface area contributed by atoms with Gasteiger partial charge in [-0.25, -0.2) is 12.7 Å². The SMILES string of the molecule is CCCS(=O)(=O)N1CCC(NCc2cccc(Cl)c2)CC1. The number of benzene rings is 1. The molecule has 4 nitrogen and oxygen atoms in total. The van der Waals surface area contributed by atoms with Crippen LogP contribution in [0.4, 0.5) is 0 Å². The summed E-state index contributed by atoms with van der Waals surface area (Å²) < 4.78 is 25.6. The van der Waals surface area contributed by atoms with Gasteiger partial charge >= 0.3 is 0 Å². The second-order valence-corrected chi connectivity index (χ2v) is 8.03. The van der Waals surface area contributed by atoms with Gasteiger partial charge in [-0.05, 0) is 37.0 Å². The molecule has 6 heteroatoms. The molecule has 0 atom stereocenters. The first-order valence-electron chi connectivity index (χ1n) is 7.47. The summed E-state index contributed by atoms with van der Waals surface area (Å²) in [5.41, 5.74) is 1.16. The number of nitrogens with one attached hydrogen (secondary N) is 1. The normalized spacial score (nSPS) is 18.0. The summed E-state index contributed by atoms with van der Waals surface area (Å²) in [6.45, 7) is 3.91. The Hall–Kier alpha value is -0.620. The van der Waals surface area contributed by atoms with Crippen LogP contribution in [0.1, 0.15) is 31.7 Å². The summed E-state index contributed by atoms with van der Waals surface area (Å²) in [5.74, 6) is 0.258. The third kappa shape index (κ3) is 4.95. The van der Waals surface area contributed by atoms with Crippen molar-refractivity contribution in [1.82, 2.24) is 9.62 Å². The quantitative estimate of drug-likeness (QED) is 0.872. The molecule has 118 valence electrons. The Morgan fingerprint density at radius 3 is 2.67 bits per heavy atom. The maximum absolute atomic E-state index is 12.0. The highest BCUT2D eigenvalue weighted by Crippen LogP contribution is 2.16. The third-order valence-electron chi connectivity index (χ3n) is 3.79. The minimum atomic E-state index is -3.04. The molecule has 1 aromatic carbocycles. The van der Waals surface area contributed by atoms with Gasteiger partial charge in [0.05, 0.1) is 5.75 Å². The molecule has 1 aromatic rings. The molecule has 0 aromatic heterocycles. The highest BCUT2D eigenvalue weighted by molar-refractivity contribution is 7.89. The first-order valence-corrected chi connectivity index (χ1v) is 9.45. The zero-order valence-electron chi connectivity index (χ0n) is 12.4. The molecule has 2 rings (SSSR count). The van der Waals surface area contributed by atoms with Crippen molar-refractivity contribution in [2.45, 2.75) is 38.8 Å². The van der Waals surface area contributed by atoms with E-state index >= 15 is 0 Å². The lowest BCUT2D eigenvalue weighted by Gasteiger charge is -2.31. The number of piperidine rings is 1. The van der Waals surface area contributed by atoms with Gasteiger partial charge in [0.25, 0.3) is 0 Å². The van der Waals surface area contributed by atoms with Gasteiger partial charge in [-0.3, -0.25) is 0 Å². The summed E-state index contributed by atoms with van der Waals surface area (Å²) in [7, 11) is -3.04. The minimum Gasteiger partial charge on any atom is -0.310 e. The first-order chi connectivity index (χ1) is 10.0. The summed E-state index contributed by atoms with van der Waals surface area (Å²) in [6.07, 6.45) is 2.41. The number of halogens is 1. The van der Waals surface area contributed by atoms with Crippen molar-refractivity contribution in [3.05, 3.63) is 34.9 Å². The fraction of sp³-hybridized carbons (Fsp3) is 0.600. The van der Waals surface area contributed by atoms with Crippen LogP contribution < -0.4 is 5.32 Å². The van der Waals surface area contributed by atoms with Crippen molar-refractivity contribution in [2.75, 3.05) is 18.8 Å². The molecular formula is C15H23ClN2O2S. The van der Waals surface area contributed by atoms with E-state index in [0.717, 1.165) is 30.0 Å². The van der Waals surface area contributed by atoms with E-state index < -0.39 is 10.0 Å². The first kappa shape index (κ1) is 16.7. The molecule has 0 saturated carbocycles. The summed E-state index contributed by atoms with van der Waals surface area (Å²) in [4.78, 5) is 0. The van der Waals surface area contributed by atoms with Crippen LogP contribution in [0.15, 0.2) is 24.3 Å². The molecule has 1 aliphatic rings. The fourth-order valence-corrected chi connectivity index (χ4v) is 4.39. The fourth-order valence-electron chi connectivity index (χ4n) is 2.63. The molecule has 1 heterocycles. The predicted molar refractivity (Wildman–Crippen MR) is 87.0 cm³/mol.